The molecule has 21 heavy (non-hydrogen) atoms. The molecule has 1 heterocycles. The number of rotatable bonds is 7. The van der Waals surface area contributed by atoms with Crippen LogP contribution in [0.4, 0.5) is 4.79 Å². The van der Waals surface area contributed by atoms with E-state index in [4.69, 9.17) is 10.2 Å². The third-order valence-corrected chi connectivity index (χ3v) is 3.92. The van der Waals surface area contributed by atoms with Crippen molar-refractivity contribution in [3.05, 3.63) is 16.1 Å². The Bertz CT molecular complexity index is 490. The predicted molar refractivity (Wildman–Crippen MR) is 79.6 cm³/mol. The Hall–Kier alpha value is -1.67. The molecule has 0 aromatic carbocycles. The molecule has 1 rings (SSSR count). The van der Waals surface area contributed by atoms with Crippen LogP contribution in [0.5, 0.6) is 0 Å². The maximum absolute atomic E-state index is 12.2. The number of hydrogen-bond acceptors (Lipinski definition) is 5. The van der Waals surface area contributed by atoms with Gasteiger partial charge in [-0.3, -0.25) is 0 Å². The van der Waals surface area contributed by atoms with E-state index < -0.39 is 5.97 Å². The van der Waals surface area contributed by atoms with Crippen molar-refractivity contribution in [3.63, 3.8) is 0 Å². The van der Waals surface area contributed by atoms with Gasteiger partial charge in [0.05, 0.1) is 6.04 Å². The van der Waals surface area contributed by atoms with Crippen molar-refractivity contribution < 1.29 is 19.8 Å². The van der Waals surface area contributed by atoms with Gasteiger partial charge in [-0.1, -0.05) is 0 Å². The van der Waals surface area contributed by atoms with Crippen molar-refractivity contribution in [1.82, 2.24) is 15.2 Å². The Labute approximate surface area is 127 Å². The number of carboxylic acid groups (broad SMARTS) is 1. The molecule has 1 unspecified atom stereocenters. The van der Waals surface area contributed by atoms with Crippen LogP contribution in [0.25, 0.3) is 0 Å². The predicted octanol–water partition coefficient (Wildman–Crippen LogP) is 1.70. The molecular weight excluding hydrogens is 294 g/mol. The van der Waals surface area contributed by atoms with E-state index >= 15 is 0 Å². The van der Waals surface area contributed by atoms with Gasteiger partial charge in [-0.2, -0.15) is 0 Å². The summed E-state index contributed by atoms with van der Waals surface area (Å²) in [5, 5.41) is 22.5. The lowest BCUT2D eigenvalue weighted by Gasteiger charge is -2.28. The molecule has 1 aromatic heterocycles. The minimum atomic E-state index is -1.08. The number of hydrogen-bond donors (Lipinski definition) is 3. The summed E-state index contributed by atoms with van der Waals surface area (Å²) in [5.74, 6) is -1.08. The molecule has 0 radical (unpaired) electrons. The van der Waals surface area contributed by atoms with Crippen molar-refractivity contribution in [2.24, 2.45) is 0 Å². The summed E-state index contributed by atoms with van der Waals surface area (Å²) in [6, 6.07) is -0.612. The van der Waals surface area contributed by atoms with Gasteiger partial charge in [-0.25, -0.2) is 14.6 Å². The van der Waals surface area contributed by atoms with Gasteiger partial charge >= 0.3 is 12.0 Å². The fraction of sp³-hybridized carbons (Fsp3) is 0.615. The summed E-state index contributed by atoms with van der Waals surface area (Å²) >= 11 is 1.20. The Morgan fingerprint density at radius 3 is 2.57 bits per heavy atom. The molecule has 1 aromatic rings. The normalized spacial score (nSPS) is 12.2. The van der Waals surface area contributed by atoms with E-state index in [0.717, 1.165) is 0 Å². The van der Waals surface area contributed by atoms with Crippen molar-refractivity contribution >= 4 is 23.3 Å². The summed E-state index contributed by atoms with van der Waals surface area (Å²) in [5.41, 5.74) is -0.0166. The minimum absolute atomic E-state index is 0.00891. The van der Waals surface area contributed by atoms with Gasteiger partial charge in [0.15, 0.2) is 5.69 Å². The number of aromatic nitrogens is 1. The van der Waals surface area contributed by atoms with Crippen molar-refractivity contribution in [2.75, 3.05) is 13.2 Å². The summed E-state index contributed by atoms with van der Waals surface area (Å²) < 4.78 is 0. The lowest BCUT2D eigenvalue weighted by Crippen LogP contribution is -2.45. The number of nitrogens with zero attached hydrogens (tertiary/aromatic N) is 2. The number of aromatic carboxylic acids is 1. The first-order valence-corrected chi connectivity index (χ1v) is 7.61. The summed E-state index contributed by atoms with van der Waals surface area (Å²) in [6.45, 7) is 6.04. The highest BCUT2D eigenvalue weighted by Crippen LogP contribution is 2.18. The second-order valence-corrected chi connectivity index (χ2v) is 5.80. The third kappa shape index (κ3) is 4.98. The zero-order valence-electron chi connectivity index (χ0n) is 12.4. The van der Waals surface area contributed by atoms with Crippen LogP contribution in [0.1, 0.15) is 48.7 Å². The first kappa shape index (κ1) is 17.4. The van der Waals surface area contributed by atoms with Gasteiger partial charge in [-0.15, -0.1) is 11.3 Å². The van der Waals surface area contributed by atoms with Crippen molar-refractivity contribution in [2.45, 2.75) is 39.3 Å². The average molecular weight is 315 g/mol. The van der Waals surface area contributed by atoms with Gasteiger partial charge in [0.1, 0.15) is 5.01 Å². The van der Waals surface area contributed by atoms with E-state index in [1.165, 1.54) is 16.7 Å². The Morgan fingerprint density at radius 1 is 1.43 bits per heavy atom. The molecule has 0 aliphatic rings. The second kappa shape index (κ2) is 7.94. The molecule has 0 spiro atoms. The van der Waals surface area contributed by atoms with Crippen LogP contribution in [0.2, 0.25) is 0 Å². The Kier molecular flexibility index (Phi) is 6.57. The highest BCUT2D eigenvalue weighted by Gasteiger charge is 2.21. The van der Waals surface area contributed by atoms with Crippen LogP contribution in [0.3, 0.4) is 0 Å². The Morgan fingerprint density at radius 2 is 2.10 bits per heavy atom. The minimum Gasteiger partial charge on any atom is -0.476 e. The molecule has 118 valence electrons. The van der Waals surface area contributed by atoms with Gasteiger partial charge in [0.25, 0.3) is 0 Å². The van der Waals surface area contributed by atoms with E-state index in [9.17, 15) is 9.59 Å². The number of urea groups is 1. The monoisotopic (exact) mass is 315 g/mol. The van der Waals surface area contributed by atoms with Gasteiger partial charge in [0, 0.05) is 24.6 Å². The Balaban J connectivity index is 2.68. The van der Waals surface area contributed by atoms with Gasteiger partial charge < -0.3 is 20.4 Å². The van der Waals surface area contributed by atoms with Crippen molar-refractivity contribution in [1.29, 1.82) is 0 Å². The van der Waals surface area contributed by atoms with Crippen LogP contribution in [-0.4, -0.2) is 51.3 Å². The topological polar surface area (TPSA) is 103 Å². The van der Waals surface area contributed by atoms with Crippen LogP contribution in [0, 0.1) is 0 Å². The first-order valence-electron chi connectivity index (χ1n) is 6.73. The zero-order valence-corrected chi connectivity index (χ0v) is 13.2. The quantitative estimate of drug-likeness (QED) is 0.710. The van der Waals surface area contributed by atoms with E-state index in [1.54, 1.807) is 11.8 Å². The van der Waals surface area contributed by atoms with Crippen LogP contribution < -0.4 is 5.32 Å². The first-order chi connectivity index (χ1) is 9.86. The molecule has 0 bridgehead atoms. The molecule has 0 saturated heterocycles. The highest BCUT2D eigenvalue weighted by atomic mass is 32.1. The number of aliphatic hydroxyl groups excluding tert-OH is 1. The molecule has 3 N–H and O–H groups in total. The molecule has 7 nitrogen and oxygen atoms in total. The summed E-state index contributed by atoms with van der Waals surface area (Å²) in [4.78, 5) is 28.6. The maximum Gasteiger partial charge on any atom is 0.355 e. The van der Waals surface area contributed by atoms with Gasteiger partial charge in [0.2, 0.25) is 0 Å². The summed E-state index contributed by atoms with van der Waals surface area (Å²) in [6.07, 6.45) is 0.514. The lowest BCUT2D eigenvalue weighted by molar-refractivity contribution is 0.0691. The largest absolute Gasteiger partial charge is 0.476 e. The van der Waals surface area contributed by atoms with Crippen LogP contribution >= 0.6 is 11.3 Å². The number of nitrogens with one attached hydrogen (secondary N) is 1. The van der Waals surface area contributed by atoms with Crippen LogP contribution in [0.15, 0.2) is 5.38 Å². The van der Waals surface area contributed by atoms with E-state index in [1.807, 2.05) is 13.8 Å². The van der Waals surface area contributed by atoms with E-state index in [-0.39, 0.29) is 30.4 Å². The molecule has 8 heteroatoms. The number of amides is 2. The molecule has 0 saturated carbocycles. The molecular formula is C13H21N3O4S. The molecule has 0 aliphatic carbocycles. The number of aliphatic hydroxyl groups is 1. The molecule has 0 fully saturated rings. The fourth-order valence-corrected chi connectivity index (χ4v) is 2.55. The third-order valence-electron chi connectivity index (χ3n) is 2.89. The highest BCUT2D eigenvalue weighted by molar-refractivity contribution is 7.09. The van der Waals surface area contributed by atoms with E-state index in [2.05, 4.69) is 10.3 Å². The standard InChI is InChI=1S/C13H21N3O4S/c1-8(2)16(5-4-6-17)13(20)14-9(3)11-15-10(7-21-11)12(18)19/h7-9,17H,4-6H2,1-3H3,(H,14,20)(H,18,19). The smallest absolute Gasteiger partial charge is 0.355 e. The lowest BCUT2D eigenvalue weighted by atomic mass is 10.3. The van der Waals surface area contributed by atoms with Crippen molar-refractivity contribution in [3.8, 4) is 0 Å². The second-order valence-electron chi connectivity index (χ2n) is 4.91. The van der Waals surface area contributed by atoms with E-state index in [0.29, 0.717) is 18.0 Å². The molecule has 2 amide bonds. The molecule has 1 atom stereocenters. The number of thiazole rings is 1. The number of carboxylic acids is 1. The number of carbonyl (C=O) groups is 2. The van der Waals surface area contributed by atoms with Crippen LogP contribution in [-0.2, 0) is 0 Å². The average Bonchev–Trinajstić information content (AvgIpc) is 2.88. The zero-order chi connectivity index (χ0) is 16.0. The SMILES string of the molecule is CC(NC(=O)N(CCCO)C(C)C)c1nc(C(=O)O)cs1. The maximum atomic E-state index is 12.2. The summed E-state index contributed by atoms with van der Waals surface area (Å²) in [7, 11) is 0. The number of carbonyl (C=O) groups excluding carboxylic acids is 1. The van der Waals surface area contributed by atoms with Gasteiger partial charge in [-0.05, 0) is 27.2 Å². The molecule has 0 aliphatic heterocycles. The fourth-order valence-electron chi connectivity index (χ4n) is 1.75.